The van der Waals surface area contributed by atoms with E-state index in [1.54, 1.807) is 11.3 Å². The third-order valence-electron chi connectivity index (χ3n) is 2.91. The minimum absolute atomic E-state index is 0.409. The molecule has 2 N–H and O–H groups in total. The second-order valence-electron chi connectivity index (χ2n) is 4.21. The molecule has 0 spiro atoms. The van der Waals surface area contributed by atoms with Gasteiger partial charge in [0.1, 0.15) is 0 Å². The van der Waals surface area contributed by atoms with Crippen LogP contribution < -0.4 is 5.73 Å². The molecule has 0 bridgehead atoms. The number of nitrogens with zero attached hydrogens (tertiary/aromatic N) is 1. The number of halogens is 1. The third-order valence-corrected chi connectivity index (χ3v) is 4.92. The highest BCUT2D eigenvalue weighted by atomic mass is 79.9. The van der Waals surface area contributed by atoms with Gasteiger partial charge in [0.15, 0.2) is 0 Å². The fourth-order valence-corrected chi connectivity index (χ4v) is 3.77. The highest BCUT2D eigenvalue weighted by Gasteiger charge is 2.21. The van der Waals surface area contributed by atoms with Crippen LogP contribution in [0.25, 0.3) is 0 Å². The fourth-order valence-electron chi connectivity index (χ4n) is 2.09. The molecular weight excluding hydrogens is 304 g/mol. The predicted molar refractivity (Wildman–Crippen MR) is 76.8 cm³/mol. The van der Waals surface area contributed by atoms with E-state index in [2.05, 4.69) is 32.3 Å². The first kappa shape index (κ1) is 12.5. The van der Waals surface area contributed by atoms with Gasteiger partial charge >= 0.3 is 0 Å². The predicted octanol–water partition coefficient (Wildman–Crippen LogP) is 3.01. The van der Waals surface area contributed by atoms with Crippen molar-refractivity contribution in [2.45, 2.75) is 19.4 Å². The van der Waals surface area contributed by atoms with Gasteiger partial charge in [-0.15, -0.1) is 11.3 Å². The largest absolute Gasteiger partial charge is 0.393 e. The van der Waals surface area contributed by atoms with Crippen LogP contribution in [0.2, 0.25) is 0 Å². The van der Waals surface area contributed by atoms with Gasteiger partial charge < -0.3 is 5.73 Å². The summed E-state index contributed by atoms with van der Waals surface area (Å²) in [6.07, 6.45) is 2.36. The Hall–Kier alpha value is 0.0300. The highest BCUT2D eigenvalue weighted by Crippen LogP contribution is 2.24. The second-order valence-corrected chi connectivity index (χ2v) is 6.59. The van der Waals surface area contributed by atoms with Crippen LogP contribution in [0.3, 0.4) is 0 Å². The highest BCUT2D eigenvalue weighted by molar-refractivity contribution is 9.10. The minimum atomic E-state index is 0.409. The Balaban J connectivity index is 1.92. The molecule has 0 aromatic carbocycles. The molecule has 16 heavy (non-hydrogen) atoms. The lowest BCUT2D eigenvalue weighted by molar-refractivity contribution is 0.199. The maximum absolute atomic E-state index is 5.73. The summed E-state index contributed by atoms with van der Waals surface area (Å²) in [6, 6.07) is 2.19. The number of thiophene rings is 1. The molecule has 2 heterocycles. The van der Waals surface area contributed by atoms with E-state index in [1.807, 2.05) is 0 Å². The van der Waals surface area contributed by atoms with Crippen LogP contribution in [0.5, 0.6) is 0 Å². The van der Waals surface area contributed by atoms with Gasteiger partial charge in [0.2, 0.25) is 0 Å². The fraction of sp³-hybridized carbons (Fsp3) is 0.545. The Morgan fingerprint density at radius 3 is 3.12 bits per heavy atom. The summed E-state index contributed by atoms with van der Waals surface area (Å²) >= 11 is 10.4. The number of rotatable bonds is 3. The lowest BCUT2D eigenvalue weighted by Crippen LogP contribution is -2.39. The summed E-state index contributed by atoms with van der Waals surface area (Å²) in [4.78, 5) is 4.53. The normalized spacial score (nSPS) is 22.2. The number of hydrogen-bond donors (Lipinski definition) is 1. The molecule has 1 aliphatic rings. The number of likely N-dealkylation sites (tertiary alicyclic amines) is 1. The van der Waals surface area contributed by atoms with E-state index in [1.165, 1.54) is 15.8 Å². The van der Waals surface area contributed by atoms with Crippen molar-refractivity contribution in [2.75, 3.05) is 13.1 Å². The molecule has 2 nitrogen and oxygen atoms in total. The zero-order valence-electron chi connectivity index (χ0n) is 8.99. The number of thiocarbonyl (C=S) groups is 1. The Morgan fingerprint density at radius 1 is 1.69 bits per heavy atom. The summed E-state index contributed by atoms with van der Waals surface area (Å²) in [6.45, 7) is 3.20. The molecular formula is C11H15BrN2S2. The van der Waals surface area contributed by atoms with Gasteiger partial charge in [0, 0.05) is 33.7 Å². The molecule has 0 aliphatic carbocycles. The van der Waals surface area contributed by atoms with Gasteiger partial charge in [-0.3, -0.25) is 4.90 Å². The first-order valence-corrected chi connectivity index (χ1v) is 7.48. The first-order chi connectivity index (χ1) is 7.65. The van der Waals surface area contributed by atoms with Gasteiger partial charge in [0.05, 0.1) is 4.99 Å². The molecule has 1 unspecified atom stereocenters. The second kappa shape index (κ2) is 5.58. The van der Waals surface area contributed by atoms with Crippen molar-refractivity contribution in [3.05, 3.63) is 20.8 Å². The Kier molecular flexibility index (Phi) is 4.35. The molecule has 1 aliphatic heterocycles. The van der Waals surface area contributed by atoms with E-state index in [0.29, 0.717) is 10.9 Å². The average Bonchev–Trinajstić information content (AvgIpc) is 2.64. The van der Waals surface area contributed by atoms with Gasteiger partial charge in [-0.1, -0.05) is 12.2 Å². The van der Waals surface area contributed by atoms with E-state index in [4.69, 9.17) is 18.0 Å². The standard InChI is InChI=1S/C11H15BrN2S2/c12-9-4-10(16-7-9)6-14-3-1-2-8(5-14)11(13)15/h4,7-8H,1-3,5-6H2,(H2,13,15). The minimum Gasteiger partial charge on any atom is -0.393 e. The van der Waals surface area contributed by atoms with Crippen LogP contribution in [0.15, 0.2) is 15.9 Å². The lowest BCUT2D eigenvalue weighted by atomic mass is 9.98. The molecule has 0 radical (unpaired) electrons. The smallest absolute Gasteiger partial charge is 0.0771 e. The monoisotopic (exact) mass is 318 g/mol. The Labute approximate surface area is 114 Å². The van der Waals surface area contributed by atoms with Crippen molar-refractivity contribution in [3.8, 4) is 0 Å². The molecule has 5 heteroatoms. The quantitative estimate of drug-likeness (QED) is 0.869. The summed E-state index contributed by atoms with van der Waals surface area (Å²) in [5, 5.41) is 2.13. The molecule has 1 aromatic heterocycles. The molecule has 88 valence electrons. The van der Waals surface area contributed by atoms with Crippen LogP contribution >= 0.6 is 39.5 Å². The SMILES string of the molecule is NC(=S)C1CCCN(Cc2cc(Br)cs2)C1. The van der Waals surface area contributed by atoms with Crippen LogP contribution in [0.4, 0.5) is 0 Å². The maximum atomic E-state index is 5.73. The summed E-state index contributed by atoms with van der Waals surface area (Å²) in [5.74, 6) is 0.409. The third kappa shape index (κ3) is 3.26. The summed E-state index contributed by atoms with van der Waals surface area (Å²) < 4.78 is 1.18. The molecule has 0 amide bonds. The Morgan fingerprint density at radius 2 is 2.50 bits per heavy atom. The summed E-state index contributed by atoms with van der Waals surface area (Å²) in [7, 11) is 0. The summed E-state index contributed by atoms with van der Waals surface area (Å²) in [5.41, 5.74) is 5.73. The maximum Gasteiger partial charge on any atom is 0.0771 e. The van der Waals surface area contributed by atoms with Crippen LogP contribution in [0, 0.1) is 5.92 Å². The molecule has 1 atom stereocenters. The van der Waals surface area contributed by atoms with Gasteiger partial charge in [-0.2, -0.15) is 0 Å². The van der Waals surface area contributed by atoms with E-state index < -0.39 is 0 Å². The molecule has 1 saturated heterocycles. The first-order valence-electron chi connectivity index (χ1n) is 5.40. The van der Waals surface area contributed by atoms with E-state index in [-0.39, 0.29) is 0 Å². The Bertz CT molecular complexity index is 378. The van der Waals surface area contributed by atoms with Gasteiger partial charge in [-0.05, 0) is 41.4 Å². The van der Waals surface area contributed by atoms with Crippen molar-refractivity contribution in [1.29, 1.82) is 0 Å². The molecule has 1 fully saturated rings. The zero-order valence-corrected chi connectivity index (χ0v) is 12.2. The van der Waals surface area contributed by atoms with Crippen LogP contribution in [-0.2, 0) is 6.54 Å². The number of hydrogen-bond acceptors (Lipinski definition) is 3. The van der Waals surface area contributed by atoms with E-state index >= 15 is 0 Å². The number of nitrogens with two attached hydrogens (primary N) is 1. The number of piperidine rings is 1. The van der Waals surface area contributed by atoms with Crippen molar-refractivity contribution in [3.63, 3.8) is 0 Å². The molecule has 2 rings (SSSR count). The van der Waals surface area contributed by atoms with E-state index in [9.17, 15) is 0 Å². The van der Waals surface area contributed by atoms with Gasteiger partial charge in [0.25, 0.3) is 0 Å². The van der Waals surface area contributed by atoms with Crippen molar-refractivity contribution >= 4 is 44.5 Å². The lowest BCUT2D eigenvalue weighted by Gasteiger charge is -2.31. The van der Waals surface area contributed by atoms with Crippen LogP contribution in [-0.4, -0.2) is 23.0 Å². The zero-order chi connectivity index (χ0) is 11.5. The van der Waals surface area contributed by atoms with Crippen LogP contribution in [0.1, 0.15) is 17.7 Å². The average molecular weight is 319 g/mol. The van der Waals surface area contributed by atoms with Crippen molar-refractivity contribution in [2.24, 2.45) is 11.7 Å². The van der Waals surface area contributed by atoms with Crippen molar-refractivity contribution in [1.82, 2.24) is 4.90 Å². The van der Waals surface area contributed by atoms with Crippen molar-refractivity contribution < 1.29 is 0 Å². The van der Waals surface area contributed by atoms with Gasteiger partial charge in [-0.25, -0.2) is 0 Å². The molecule has 1 aromatic rings. The van der Waals surface area contributed by atoms with E-state index in [0.717, 1.165) is 26.1 Å². The topological polar surface area (TPSA) is 29.3 Å². The molecule has 0 saturated carbocycles.